The summed E-state index contributed by atoms with van der Waals surface area (Å²) < 4.78 is 13.6. The zero-order valence-electron chi connectivity index (χ0n) is 10.7. The van der Waals surface area contributed by atoms with Crippen molar-refractivity contribution in [1.29, 1.82) is 0 Å². The minimum absolute atomic E-state index is 0.239. The molecule has 1 aliphatic carbocycles. The lowest BCUT2D eigenvalue weighted by Crippen LogP contribution is -2.26. The molecule has 1 saturated carbocycles. The van der Waals surface area contributed by atoms with E-state index in [9.17, 15) is 9.50 Å². The van der Waals surface area contributed by atoms with E-state index in [1.54, 1.807) is 13.8 Å². The van der Waals surface area contributed by atoms with E-state index in [1.165, 1.54) is 18.9 Å². The van der Waals surface area contributed by atoms with E-state index < -0.39 is 6.10 Å². The number of aliphatic hydroxyl groups excluding tert-OH is 1. The van der Waals surface area contributed by atoms with Crippen LogP contribution in [0.3, 0.4) is 0 Å². The molecule has 3 heteroatoms. The van der Waals surface area contributed by atoms with Gasteiger partial charge in [0.2, 0.25) is 0 Å². The largest absolute Gasteiger partial charge is 0.389 e. The summed E-state index contributed by atoms with van der Waals surface area (Å²) in [7, 11) is 0. The molecular weight excluding hydrogens is 217 g/mol. The topological polar surface area (TPSA) is 23.5 Å². The van der Waals surface area contributed by atoms with Gasteiger partial charge >= 0.3 is 0 Å². The number of hydrogen-bond acceptors (Lipinski definition) is 2. The molecule has 0 heterocycles. The number of hydrogen-bond donors (Lipinski definition) is 1. The van der Waals surface area contributed by atoms with Gasteiger partial charge in [0, 0.05) is 23.8 Å². The molecule has 1 atom stereocenters. The molecule has 1 N–H and O–H groups in total. The van der Waals surface area contributed by atoms with Crippen LogP contribution in [0.15, 0.2) is 12.1 Å². The maximum absolute atomic E-state index is 13.6. The maximum Gasteiger partial charge on any atom is 0.126 e. The molecule has 0 saturated heterocycles. The Morgan fingerprint density at radius 2 is 2.12 bits per heavy atom. The fraction of sp³-hybridized carbons (Fsp3) is 0.571. The molecule has 0 bridgehead atoms. The van der Waals surface area contributed by atoms with Gasteiger partial charge in [0.1, 0.15) is 5.82 Å². The minimum atomic E-state index is -0.632. The van der Waals surface area contributed by atoms with Gasteiger partial charge in [0.15, 0.2) is 0 Å². The van der Waals surface area contributed by atoms with E-state index >= 15 is 0 Å². The summed E-state index contributed by atoms with van der Waals surface area (Å²) in [6, 6.07) is 3.90. The van der Waals surface area contributed by atoms with Crippen LogP contribution in [-0.4, -0.2) is 17.7 Å². The summed E-state index contributed by atoms with van der Waals surface area (Å²) >= 11 is 0. The molecule has 0 spiro atoms. The van der Waals surface area contributed by atoms with E-state index in [4.69, 9.17) is 0 Å². The smallest absolute Gasteiger partial charge is 0.126 e. The number of aliphatic hydroxyl groups is 1. The van der Waals surface area contributed by atoms with Gasteiger partial charge in [-0.2, -0.15) is 0 Å². The third-order valence-corrected chi connectivity index (χ3v) is 3.40. The first-order valence-corrected chi connectivity index (χ1v) is 6.29. The third kappa shape index (κ3) is 2.44. The van der Waals surface area contributed by atoms with Crippen LogP contribution in [0, 0.1) is 12.7 Å². The van der Waals surface area contributed by atoms with Crippen molar-refractivity contribution < 1.29 is 9.50 Å². The second-order valence-electron chi connectivity index (χ2n) is 4.85. The van der Waals surface area contributed by atoms with Gasteiger partial charge in [-0.05, 0) is 51.3 Å². The van der Waals surface area contributed by atoms with E-state index in [0.29, 0.717) is 17.2 Å². The van der Waals surface area contributed by atoms with Crippen LogP contribution in [-0.2, 0) is 0 Å². The molecule has 1 aromatic carbocycles. The number of nitrogens with zero attached hydrogens (tertiary/aromatic N) is 1. The summed E-state index contributed by atoms with van der Waals surface area (Å²) in [4.78, 5) is 2.27. The fourth-order valence-corrected chi connectivity index (χ4v) is 2.28. The standard InChI is InChI=1S/C14H20FNO/c1-4-16(11-5-6-11)14-7-9(2)13(15)8-12(14)10(3)17/h7-8,10-11,17H,4-6H2,1-3H3/t10-/m1/s1. The molecule has 1 aromatic rings. The Kier molecular flexibility index (Phi) is 3.38. The van der Waals surface area contributed by atoms with Crippen molar-refractivity contribution in [3.63, 3.8) is 0 Å². The number of rotatable bonds is 4. The van der Waals surface area contributed by atoms with Crippen LogP contribution in [0.1, 0.15) is 43.9 Å². The molecule has 2 rings (SSSR count). The summed E-state index contributed by atoms with van der Waals surface area (Å²) in [5, 5.41) is 9.77. The van der Waals surface area contributed by atoms with E-state index in [2.05, 4.69) is 11.8 Å². The van der Waals surface area contributed by atoms with Crippen molar-refractivity contribution in [1.82, 2.24) is 0 Å². The fourth-order valence-electron chi connectivity index (χ4n) is 2.28. The van der Waals surface area contributed by atoms with Crippen molar-refractivity contribution in [2.75, 3.05) is 11.4 Å². The van der Waals surface area contributed by atoms with Crippen molar-refractivity contribution >= 4 is 5.69 Å². The van der Waals surface area contributed by atoms with Crippen molar-refractivity contribution in [2.24, 2.45) is 0 Å². The average molecular weight is 237 g/mol. The first-order valence-electron chi connectivity index (χ1n) is 6.29. The van der Waals surface area contributed by atoms with Gasteiger partial charge in [-0.1, -0.05) is 0 Å². The quantitative estimate of drug-likeness (QED) is 0.869. The highest BCUT2D eigenvalue weighted by atomic mass is 19.1. The Bertz CT molecular complexity index is 413. The Balaban J connectivity index is 2.45. The molecule has 0 aliphatic heterocycles. The van der Waals surface area contributed by atoms with Crippen LogP contribution in [0.25, 0.3) is 0 Å². The molecule has 17 heavy (non-hydrogen) atoms. The zero-order valence-corrected chi connectivity index (χ0v) is 10.7. The van der Waals surface area contributed by atoms with E-state index in [1.807, 2.05) is 6.07 Å². The van der Waals surface area contributed by atoms with Gasteiger partial charge < -0.3 is 10.0 Å². The Hall–Kier alpha value is -1.09. The molecule has 94 valence electrons. The SMILES string of the molecule is CCN(c1cc(C)c(F)cc1[C@@H](C)O)C1CC1. The number of benzene rings is 1. The molecule has 0 amide bonds. The zero-order chi connectivity index (χ0) is 12.6. The molecule has 1 fully saturated rings. The molecule has 2 nitrogen and oxygen atoms in total. The Labute approximate surface area is 102 Å². The summed E-state index contributed by atoms with van der Waals surface area (Å²) in [5.41, 5.74) is 2.33. The monoisotopic (exact) mass is 237 g/mol. The second kappa shape index (κ2) is 4.65. The highest BCUT2D eigenvalue weighted by Crippen LogP contribution is 2.36. The predicted molar refractivity (Wildman–Crippen MR) is 67.8 cm³/mol. The lowest BCUT2D eigenvalue weighted by Gasteiger charge is -2.27. The highest BCUT2D eigenvalue weighted by molar-refractivity contribution is 5.58. The van der Waals surface area contributed by atoms with Crippen LogP contribution in [0.5, 0.6) is 0 Å². The van der Waals surface area contributed by atoms with Gasteiger partial charge in [0.05, 0.1) is 6.10 Å². The molecular formula is C14H20FNO. The van der Waals surface area contributed by atoms with Crippen molar-refractivity contribution in [2.45, 2.75) is 45.8 Å². The van der Waals surface area contributed by atoms with Gasteiger partial charge in [-0.25, -0.2) is 4.39 Å². The summed E-state index contributed by atoms with van der Waals surface area (Å²) in [5.74, 6) is -0.239. The van der Waals surface area contributed by atoms with Crippen molar-refractivity contribution in [3.05, 3.63) is 29.1 Å². The van der Waals surface area contributed by atoms with Crippen molar-refractivity contribution in [3.8, 4) is 0 Å². The normalized spacial score (nSPS) is 17.0. The number of anilines is 1. The second-order valence-corrected chi connectivity index (χ2v) is 4.85. The number of halogens is 1. The van der Waals surface area contributed by atoms with E-state index in [0.717, 1.165) is 12.2 Å². The van der Waals surface area contributed by atoms with Crippen LogP contribution in [0.2, 0.25) is 0 Å². The Morgan fingerprint density at radius 3 is 2.59 bits per heavy atom. The first kappa shape index (κ1) is 12.4. The van der Waals surface area contributed by atoms with Crippen LogP contribution < -0.4 is 4.90 Å². The van der Waals surface area contributed by atoms with E-state index in [-0.39, 0.29) is 5.82 Å². The average Bonchev–Trinajstić information content (AvgIpc) is 3.07. The predicted octanol–water partition coefficient (Wildman–Crippen LogP) is 3.18. The number of aryl methyl sites for hydroxylation is 1. The summed E-state index contributed by atoms with van der Waals surface area (Å²) in [6.45, 7) is 6.46. The molecule has 0 radical (unpaired) electrons. The molecule has 0 unspecified atom stereocenters. The maximum atomic E-state index is 13.6. The lowest BCUT2D eigenvalue weighted by atomic mass is 10.0. The van der Waals surface area contributed by atoms with Crippen LogP contribution in [0.4, 0.5) is 10.1 Å². The van der Waals surface area contributed by atoms with Gasteiger partial charge in [0.25, 0.3) is 0 Å². The minimum Gasteiger partial charge on any atom is -0.389 e. The highest BCUT2D eigenvalue weighted by Gasteiger charge is 2.30. The lowest BCUT2D eigenvalue weighted by molar-refractivity contribution is 0.199. The third-order valence-electron chi connectivity index (χ3n) is 3.40. The Morgan fingerprint density at radius 1 is 1.47 bits per heavy atom. The van der Waals surface area contributed by atoms with Crippen LogP contribution >= 0.6 is 0 Å². The first-order chi connectivity index (χ1) is 8.04. The summed E-state index contributed by atoms with van der Waals surface area (Å²) in [6.07, 6.45) is 1.76. The molecule has 1 aliphatic rings. The van der Waals surface area contributed by atoms with Gasteiger partial charge in [-0.15, -0.1) is 0 Å². The van der Waals surface area contributed by atoms with Gasteiger partial charge in [-0.3, -0.25) is 0 Å². The molecule has 0 aromatic heterocycles.